The maximum absolute atomic E-state index is 13.4. The highest BCUT2D eigenvalue weighted by Crippen LogP contribution is 2.32. The molecule has 0 radical (unpaired) electrons. The number of aryl methyl sites for hydroxylation is 1. The van der Waals surface area contributed by atoms with Crippen molar-refractivity contribution in [2.75, 3.05) is 0 Å². The van der Waals surface area contributed by atoms with Crippen LogP contribution in [0.5, 0.6) is 11.5 Å². The summed E-state index contributed by atoms with van der Waals surface area (Å²) >= 11 is 3.36. The molecule has 2 rings (SSSR count). The van der Waals surface area contributed by atoms with Crippen LogP contribution >= 0.6 is 15.9 Å². The number of carbonyl (C=O) groups excluding carboxylic acids is 1. The predicted molar refractivity (Wildman–Crippen MR) is 70.7 cm³/mol. The smallest absolute Gasteiger partial charge is 0.156 e. The Morgan fingerprint density at radius 1 is 1.22 bits per heavy atom. The minimum absolute atomic E-state index is 0.0787. The van der Waals surface area contributed by atoms with Crippen LogP contribution in [0.25, 0.3) is 0 Å². The minimum atomic E-state index is -0.592. The Morgan fingerprint density at radius 2 is 2.00 bits per heavy atom. The molecular weight excluding hydrogens is 299 g/mol. The van der Waals surface area contributed by atoms with Gasteiger partial charge in [0.2, 0.25) is 0 Å². The summed E-state index contributed by atoms with van der Waals surface area (Å²) in [5.74, 6) is 0.148. The monoisotopic (exact) mass is 308 g/mol. The van der Waals surface area contributed by atoms with Gasteiger partial charge in [-0.1, -0.05) is 12.1 Å². The van der Waals surface area contributed by atoms with E-state index in [2.05, 4.69) is 15.9 Å². The fourth-order valence-electron chi connectivity index (χ4n) is 1.53. The van der Waals surface area contributed by atoms with Crippen molar-refractivity contribution >= 4 is 22.2 Å². The van der Waals surface area contributed by atoms with Crippen molar-refractivity contribution < 1.29 is 13.9 Å². The lowest BCUT2D eigenvalue weighted by Crippen LogP contribution is -1.94. The lowest BCUT2D eigenvalue weighted by atomic mass is 10.2. The fraction of sp³-hybridized carbons (Fsp3) is 0.0714. The van der Waals surface area contributed by atoms with E-state index < -0.39 is 5.82 Å². The van der Waals surface area contributed by atoms with Crippen LogP contribution in [0.3, 0.4) is 0 Å². The van der Waals surface area contributed by atoms with E-state index in [9.17, 15) is 9.18 Å². The van der Waals surface area contributed by atoms with Crippen LogP contribution in [-0.2, 0) is 0 Å². The molecule has 2 aromatic rings. The van der Waals surface area contributed by atoms with Gasteiger partial charge >= 0.3 is 0 Å². The van der Waals surface area contributed by atoms with Gasteiger partial charge in [0.25, 0.3) is 0 Å². The Bertz CT molecular complexity index is 596. The summed E-state index contributed by atoms with van der Waals surface area (Å²) in [4.78, 5) is 10.8. The third-order valence-electron chi connectivity index (χ3n) is 2.44. The molecule has 0 saturated heterocycles. The normalized spacial score (nSPS) is 10.2. The van der Waals surface area contributed by atoms with Crippen LogP contribution in [0.1, 0.15) is 15.9 Å². The lowest BCUT2D eigenvalue weighted by Gasteiger charge is -2.10. The molecule has 0 saturated carbocycles. The molecule has 0 amide bonds. The average Bonchev–Trinajstić information content (AvgIpc) is 2.33. The van der Waals surface area contributed by atoms with Crippen LogP contribution in [0.15, 0.2) is 40.9 Å². The number of rotatable bonds is 3. The van der Waals surface area contributed by atoms with Crippen LogP contribution < -0.4 is 4.74 Å². The first kappa shape index (κ1) is 12.8. The molecule has 4 heteroatoms. The molecule has 0 unspecified atom stereocenters. The van der Waals surface area contributed by atoms with Crippen LogP contribution in [0, 0.1) is 12.7 Å². The molecular formula is C14H10BrFO2. The van der Waals surface area contributed by atoms with Gasteiger partial charge in [0, 0.05) is 0 Å². The molecule has 0 bridgehead atoms. The van der Waals surface area contributed by atoms with Gasteiger partial charge in [-0.05, 0) is 52.7 Å². The summed E-state index contributed by atoms with van der Waals surface area (Å²) in [7, 11) is 0. The van der Waals surface area contributed by atoms with Crippen LogP contribution in [-0.4, -0.2) is 6.29 Å². The summed E-state index contributed by atoms with van der Waals surface area (Å²) in [6.07, 6.45) is 0.451. The van der Waals surface area contributed by atoms with Gasteiger partial charge in [-0.3, -0.25) is 4.79 Å². The Hall–Kier alpha value is -1.68. The van der Waals surface area contributed by atoms with Crippen molar-refractivity contribution in [1.29, 1.82) is 0 Å². The molecule has 18 heavy (non-hydrogen) atoms. The number of carbonyl (C=O) groups is 1. The third kappa shape index (κ3) is 2.59. The number of benzene rings is 2. The van der Waals surface area contributed by atoms with Crippen LogP contribution in [0.2, 0.25) is 0 Å². The van der Waals surface area contributed by atoms with Gasteiger partial charge in [-0.2, -0.15) is 0 Å². The van der Waals surface area contributed by atoms with Gasteiger partial charge in [-0.15, -0.1) is 0 Å². The minimum Gasteiger partial charge on any atom is -0.455 e. The van der Waals surface area contributed by atoms with Gasteiger partial charge in [0.15, 0.2) is 6.29 Å². The molecule has 0 aliphatic carbocycles. The molecule has 0 aliphatic rings. The van der Waals surface area contributed by atoms with E-state index in [0.29, 0.717) is 12.0 Å². The van der Waals surface area contributed by atoms with Crippen LogP contribution in [0.4, 0.5) is 4.39 Å². The first-order valence-electron chi connectivity index (χ1n) is 5.29. The average molecular weight is 309 g/mol. The zero-order valence-electron chi connectivity index (χ0n) is 9.61. The number of halogens is 2. The highest BCUT2D eigenvalue weighted by Gasteiger charge is 2.11. The highest BCUT2D eigenvalue weighted by atomic mass is 79.9. The van der Waals surface area contributed by atoms with Crippen molar-refractivity contribution in [2.45, 2.75) is 6.92 Å². The molecule has 2 aromatic carbocycles. The predicted octanol–water partition coefficient (Wildman–Crippen LogP) is 4.50. The van der Waals surface area contributed by atoms with Gasteiger partial charge < -0.3 is 4.74 Å². The number of ether oxygens (including phenoxy) is 1. The first-order valence-corrected chi connectivity index (χ1v) is 6.09. The molecule has 2 nitrogen and oxygen atoms in total. The molecule has 0 aliphatic heterocycles. The number of aldehydes is 1. The van der Waals surface area contributed by atoms with E-state index in [1.165, 1.54) is 12.1 Å². The maximum atomic E-state index is 13.4. The SMILES string of the molecule is Cc1ccc(Oc2cccc(F)c2C=O)c(Br)c1. The summed E-state index contributed by atoms with van der Waals surface area (Å²) in [6, 6.07) is 9.80. The van der Waals surface area contributed by atoms with Gasteiger partial charge in [-0.25, -0.2) is 4.39 Å². The largest absolute Gasteiger partial charge is 0.455 e. The van der Waals surface area contributed by atoms with E-state index in [4.69, 9.17) is 4.74 Å². The summed E-state index contributed by atoms with van der Waals surface area (Å²) in [5.41, 5.74) is 0.994. The zero-order valence-corrected chi connectivity index (χ0v) is 11.2. The Balaban J connectivity index is 2.40. The van der Waals surface area contributed by atoms with E-state index in [-0.39, 0.29) is 11.3 Å². The van der Waals surface area contributed by atoms with Crippen molar-refractivity contribution in [3.05, 3.63) is 57.8 Å². The summed E-state index contributed by atoms with van der Waals surface area (Å²) in [6.45, 7) is 1.95. The van der Waals surface area contributed by atoms with Crippen molar-refractivity contribution in [1.82, 2.24) is 0 Å². The van der Waals surface area contributed by atoms with Gasteiger partial charge in [0.05, 0.1) is 10.0 Å². The Labute approximate surface area is 113 Å². The molecule has 0 heterocycles. The molecule has 0 atom stereocenters. The second kappa shape index (κ2) is 5.31. The van der Waals surface area contributed by atoms with Gasteiger partial charge in [0.1, 0.15) is 17.3 Å². The lowest BCUT2D eigenvalue weighted by molar-refractivity contribution is 0.111. The molecule has 0 spiro atoms. The Morgan fingerprint density at radius 3 is 2.67 bits per heavy atom. The van der Waals surface area contributed by atoms with E-state index in [0.717, 1.165) is 10.0 Å². The first-order chi connectivity index (χ1) is 8.61. The van der Waals surface area contributed by atoms with Crippen molar-refractivity contribution in [2.24, 2.45) is 0 Å². The van der Waals surface area contributed by atoms with E-state index in [1.54, 1.807) is 12.1 Å². The fourth-order valence-corrected chi connectivity index (χ4v) is 2.10. The quantitative estimate of drug-likeness (QED) is 0.780. The summed E-state index contributed by atoms with van der Waals surface area (Å²) in [5, 5.41) is 0. The zero-order chi connectivity index (χ0) is 13.1. The topological polar surface area (TPSA) is 26.3 Å². The Kier molecular flexibility index (Phi) is 3.77. The molecule has 0 aromatic heterocycles. The molecule has 92 valence electrons. The molecule has 0 fully saturated rings. The maximum Gasteiger partial charge on any atom is 0.156 e. The second-order valence-corrected chi connectivity index (χ2v) is 4.66. The number of hydrogen-bond acceptors (Lipinski definition) is 2. The third-order valence-corrected chi connectivity index (χ3v) is 3.06. The highest BCUT2D eigenvalue weighted by molar-refractivity contribution is 9.10. The summed E-state index contributed by atoms with van der Waals surface area (Å²) < 4.78 is 19.7. The standard InChI is InChI=1S/C14H10BrFO2/c1-9-5-6-14(11(15)7-9)18-13-4-2-3-12(16)10(13)8-17/h2-8H,1H3. The van der Waals surface area contributed by atoms with Crippen molar-refractivity contribution in [3.63, 3.8) is 0 Å². The number of hydrogen-bond donors (Lipinski definition) is 0. The van der Waals surface area contributed by atoms with E-state index in [1.807, 2.05) is 19.1 Å². The van der Waals surface area contributed by atoms with Crippen molar-refractivity contribution in [3.8, 4) is 11.5 Å². The second-order valence-electron chi connectivity index (χ2n) is 3.81. The molecule has 0 N–H and O–H groups in total. The van der Waals surface area contributed by atoms with E-state index >= 15 is 0 Å².